The second-order valence-electron chi connectivity index (χ2n) is 9.72. The van der Waals surface area contributed by atoms with Gasteiger partial charge in [-0.3, -0.25) is 4.90 Å². The summed E-state index contributed by atoms with van der Waals surface area (Å²) in [4.78, 5) is 36.6. The Hall–Kier alpha value is -4.27. The number of ether oxygens (including phenoxy) is 3. The van der Waals surface area contributed by atoms with E-state index in [0.29, 0.717) is 29.9 Å². The third-order valence-corrected chi connectivity index (χ3v) is 6.22. The topological polar surface area (TPSA) is 90.3 Å². The molecule has 0 unspecified atom stereocenters. The fourth-order valence-electron chi connectivity index (χ4n) is 4.36. The van der Waals surface area contributed by atoms with Crippen molar-refractivity contribution in [2.45, 2.75) is 46.1 Å². The van der Waals surface area contributed by atoms with Crippen LogP contribution in [0.3, 0.4) is 0 Å². The fourth-order valence-corrected chi connectivity index (χ4v) is 4.36. The number of rotatable bonds is 7. The van der Waals surface area contributed by atoms with E-state index in [-0.39, 0.29) is 37.4 Å². The number of aromatic nitrogens is 1. The number of aliphatic imine (C=N–C) groups is 1. The Balaban J connectivity index is 1.75. The molecule has 2 aromatic carbocycles. The van der Waals surface area contributed by atoms with Crippen LogP contribution < -0.4 is 4.90 Å². The van der Waals surface area contributed by atoms with Crippen molar-refractivity contribution in [2.75, 3.05) is 24.7 Å². The largest absolute Gasteiger partial charge is 0.473 e. The predicted molar refractivity (Wildman–Crippen MR) is 146 cm³/mol. The lowest BCUT2D eigenvalue weighted by molar-refractivity contribution is -0.136. The minimum absolute atomic E-state index is 0.140. The molecule has 1 amide bonds. The zero-order valence-corrected chi connectivity index (χ0v) is 22.6. The highest BCUT2D eigenvalue weighted by Crippen LogP contribution is 2.42. The van der Waals surface area contributed by atoms with Crippen molar-refractivity contribution < 1.29 is 28.2 Å². The summed E-state index contributed by atoms with van der Waals surface area (Å²) in [5.74, 6) is -0.983. The van der Waals surface area contributed by atoms with Crippen molar-refractivity contribution in [3.8, 4) is 0 Å². The number of amides is 1. The molecule has 1 aliphatic rings. The van der Waals surface area contributed by atoms with E-state index in [0.717, 1.165) is 11.1 Å². The number of carbonyl (C=O) groups excluding carboxylic acids is 2. The summed E-state index contributed by atoms with van der Waals surface area (Å²) in [7, 11) is 0. The maximum Gasteiger partial charge on any atom is 0.414 e. The maximum atomic E-state index is 13.6. The Kier molecular flexibility index (Phi) is 8.59. The van der Waals surface area contributed by atoms with Crippen LogP contribution in [0.4, 0.5) is 20.7 Å². The Morgan fingerprint density at radius 3 is 2.33 bits per heavy atom. The fraction of sp³-hybridized carbons (Fsp3) is 0.333. The molecule has 3 aromatic rings. The first-order valence-corrected chi connectivity index (χ1v) is 12.9. The van der Waals surface area contributed by atoms with Crippen LogP contribution in [0.1, 0.15) is 50.1 Å². The molecule has 0 spiro atoms. The normalized spacial score (nSPS) is 14.1. The number of nitrogens with zero attached hydrogens (tertiary/aromatic N) is 3. The van der Waals surface area contributed by atoms with Crippen molar-refractivity contribution in [3.05, 3.63) is 88.9 Å². The smallest absolute Gasteiger partial charge is 0.414 e. The number of anilines is 1. The van der Waals surface area contributed by atoms with Gasteiger partial charge in [0.15, 0.2) is 5.82 Å². The number of fused-ring (bicyclic) bond motifs is 1. The number of carbonyl (C=O) groups is 2. The van der Waals surface area contributed by atoms with E-state index in [9.17, 15) is 14.0 Å². The van der Waals surface area contributed by atoms with Crippen LogP contribution in [-0.2, 0) is 37.4 Å². The van der Waals surface area contributed by atoms with Gasteiger partial charge in [-0.2, -0.15) is 4.99 Å². The average Bonchev–Trinajstić information content (AvgIpc) is 3.18. The molecule has 2 heterocycles. The molecule has 9 heteroatoms. The summed E-state index contributed by atoms with van der Waals surface area (Å²) in [5.41, 5.74) is 3.03. The van der Waals surface area contributed by atoms with E-state index in [1.165, 1.54) is 12.1 Å². The van der Waals surface area contributed by atoms with E-state index >= 15 is 0 Å². The van der Waals surface area contributed by atoms with Gasteiger partial charge in [0.1, 0.15) is 12.4 Å². The molecule has 0 fully saturated rings. The molecule has 0 atom stereocenters. The molecule has 0 radical (unpaired) electrons. The monoisotopic (exact) mass is 533 g/mol. The minimum atomic E-state index is -0.695. The van der Waals surface area contributed by atoms with Gasteiger partial charge in [-0.05, 0) is 43.2 Å². The van der Waals surface area contributed by atoms with Crippen molar-refractivity contribution >= 4 is 29.5 Å². The van der Waals surface area contributed by atoms with Gasteiger partial charge in [0.25, 0.3) is 0 Å². The number of hydrogen-bond acceptors (Lipinski definition) is 7. The number of halogens is 1. The average molecular weight is 534 g/mol. The van der Waals surface area contributed by atoms with Gasteiger partial charge in [0, 0.05) is 23.9 Å². The summed E-state index contributed by atoms with van der Waals surface area (Å²) < 4.78 is 29.8. The highest BCUT2D eigenvalue weighted by atomic mass is 19.1. The van der Waals surface area contributed by atoms with Gasteiger partial charge in [-0.25, -0.2) is 19.0 Å². The van der Waals surface area contributed by atoms with Gasteiger partial charge in [0.2, 0.25) is 0 Å². The summed E-state index contributed by atoms with van der Waals surface area (Å²) in [6.45, 7) is 8.26. The second kappa shape index (κ2) is 12.1. The van der Waals surface area contributed by atoms with Gasteiger partial charge >= 0.3 is 18.0 Å². The molecule has 1 aliphatic heterocycles. The first-order chi connectivity index (χ1) is 18.7. The zero-order chi connectivity index (χ0) is 28.0. The van der Waals surface area contributed by atoms with Crippen LogP contribution >= 0.6 is 0 Å². The van der Waals surface area contributed by atoms with E-state index in [1.54, 1.807) is 30.9 Å². The lowest BCUT2D eigenvalue weighted by atomic mass is 9.90. The highest BCUT2D eigenvalue weighted by molar-refractivity contribution is 6.33. The molecular formula is C30H32FN3O5. The first-order valence-electron chi connectivity index (χ1n) is 12.9. The highest BCUT2D eigenvalue weighted by Gasteiger charge is 2.41. The Morgan fingerprint density at radius 1 is 0.974 bits per heavy atom. The molecule has 0 saturated carbocycles. The summed E-state index contributed by atoms with van der Waals surface area (Å²) in [5, 5.41) is 0. The molecule has 8 nitrogen and oxygen atoms in total. The van der Waals surface area contributed by atoms with Crippen LogP contribution in [0.5, 0.6) is 0 Å². The molecule has 4 rings (SSSR count). The molecular weight excluding hydrogens is 501 g/mol. The van der Waals surface area contributed by atoms with Gasteiger partial charge < -0.3 is 14.2 Å². The van der Waals surface area contributed by atoms with Crippen LogP contribution in [0.2, 0.25) is 0 Å². The summed E-state index contributed by atoms with van der Waals surface area (Å²) in [6.07, 6.45) is -0.160. The van der Waals surface area contributed by atoms with E-state index < -0.39 is 17.5 Å². The lowest BCUT2D eigenvalue weighted by Crippen LogP contribution is -2.34. The number of hydrogen-bond donors (Lipinski definition) is 0. The second-order valence-corrected chi connectivity index (χ2v) is 9.72. The molecule has 204 valence electrons. The lowest BCUT2D eigenvalue weighted by Gasteiger charge is -2.19. The molecule has 1 aromatic heterocycles. The Labute approximate surface area is 227 Å². The minimum Gasteiger partial charge on any atom is -0.473 e. The third-order valence-electron chi connectivity index (χ3n) is 6.22. The van der Waals surface area contributed by atoms with E-state index in [1.807, 2.05) is 50.2 Å². The molecule has 0 bridgehead atoms. The van der Waals surface area contributed by atoms with Crippen LogP contribution in [0.15, 0.2) is 65.7 Å². The SMILES string of the molecule is CCOC(=O)C(=Nc1nc2c(cc1Cc1ccc(F)cc1)N(C(=O)OCc1ccccc1)CC2(C)C)OCC. The summed E-state index contributed by atoms with van der Waals surface area (Å²) >= 11 is 0. The first kappa shape index (κ1) is 27.8. The van der Waals surface area contributed by atoms with Crippen molar-refractivity contribution in [2.24, 2.45) is 4.99 Å². The number of pyridine rings is 1. The number of benzene rings is 2. The van der Waals surface area contributed by atoms with Crippen molar-refractivity contribution in [1.29, 1.82) is 0 Å². The summed E-state index contributed by atoms with van der Waals surface area (Å²) in [6, 6.07) is 17.4. The maximum absolute atomic E-state index is 13.6. The number of esters is 1. The van der Waals surface area contributed by atoms with Crippen molar-refractivity contribution in [3.63, 3.8) is 0 Å². The predicted octanol–water partition coefficient (Wildman–Crippen LogP) is 5.88. The van der Waals surface area contributed by atoms with E-state index in [2.05, 4.69) is 4.99 Å². The van der Waals surface area contributed by atoms with Gasteiger partial charge in [-0.1, -0.05) is 56.3 Å². The molecule has 0 N–H and O–H groups in total. The van der Waals surface area contributed by atoms with Crippen LogP contribution in [-0.4, -0.2) is 42.7 Å². The molecule has 0 aliphatic carbocycles. The van der Waals surface area contributed by atoms with Crippen molar-refractivity contribution in [1.82, 2.24) is 4.98 Å². The standard InChI is InChI=1S/C30H32FN3O5/c1-5-37-27(28(35)38-6-2)33-26-22(16-20-12-14-23(31)15-13-20)17-24-25(32-26)30(3,4)19-34(24)29(36)39-18-21-10-8-7-9-11-21/h7-15,17H,5-6,16,18-19H2,1-4H3. The van der Waals surface area contributed by atoms with Gasteiger partial charge in [0.05, 0.1) is 24.6 Å². The van der Waals surface area contributed by atoms with Crippen LogP contribution in [0.25, 0.3) is 0 Å². The Morgan fingerprint density at radius 2 is 1.67 bits per heavy atom. The van der Waals surface area contributed by atoms with Crippen LogP contribution in [0, 0.1) is 5.82 Å². The van der Waals surface area contributed by atoms with E-state index in [4.69, 9.17) is 19.2 Å². The third kappa shape index (κ3) is 6.60. The van der Waals surface area contributed by atoms with Gasteiger partial charge in [-0.15, -0.1) is 0 Å². The Bertz CT molecular complexity index is 1360. The zero-order valence-electron chi connectivity index (χ0n) is 22.6. The molecule has 0 saturated heterocycles. The molecule has 39 heavy (non-hydrogen) atoms. The quantitative estimate of drug-likeness (QED) is 0.214.